The zero-order chi connectivity index (χ0) is 13.8. The quantitative estimate of drug-likeness (QED) is 0.789. The molecule has 1 saturated carbocycles. The Balaban J connectivity index is 1.52. The smallest absolute Gasteiger partial charge is 0.242 e. The summed E-state index contributed by atoms with van der Waals surface area (Å²) in [6.07, 6.45) is 9.81. The van der Waals surface area contributed by atoms with Crippen molar-refractivity contribution in [3.05, 3.63) is 11.8 Å². The number of aromatic nitrogens is 2. The summed E-state index contributed by atoms with van der Waals surface area (Å²) in [4.78, 5) is 12.0. The van der Waals surface area contributed by atoms with E-state index in [0.717, 1.165) is 37.4 Å². The maximum Gasteiger partial charge on any atom is 0.242 e. The van der Waals surface area contributed by atoms with Crippen LogP contribution in [-0.2, 0) is 11.2 Å². The molecule has 110 valence electrons. The lowest BCUT2D eigenvalue weighted by Gasteiger charge is -2.20. The molecular weight excluding hydrogens is 252 g/mol. The number of aromatic amines is 1. The van der Waals surface area contributed by atoms with Crippen molar-refractivity contribution >= 4 is 11.7 Å². The van der Waals surface area contributed by atoms with Gasteiger partial charge in [0, 0.05) is 11.8 Å². The van der Waals surface area contributed by atoms with Gasteiger partial charge in [-0.25, -0.2) is 0 Å². The predicted octanol–water partition coefficient (Wildman–Crippen LogP) is 2.22. The minimum absolute atomic E-state index is 0.0400. The summed E-state index contributed by atoms with van der Waals surface area (Å²) in [6.45, 7) is 0.936. The molecule has 1 amide bonds. The highest BCUT2D eigenvalue weighted by molar-refractivity contribution is 5.94. The highest BCUT2D eigenvalue weighted by atomic mass is 16.2. The normalized spacial score (nSPS) is 23.9. The Bertz CT molecular complexity index is 444. The van der Waals surface area contributed by atoms with Crippen LogP contribution < -0.4 is 10.6 Å². The van der Waals surface area contributed by atoms with Gasteiger partial charge in [0.1, 0.15) is 0 Å². The van der Waals surface area contributed by atoms with E-state index in [-0.39, 0.29) is 11.9 Å². The van der Waals surface area contributed by atoms with E-state index in [9.17, 15) is 4.79 Å². The number of H-pyrrole nitrogens is 1. The van der Waals surface area contributed by atoms with Gasteiger partial charge >= 0.3 is 0 Å². The molecule has 0 radical (unpaired) electrons. The fraction of sp³-hybridized carbons (Fsp3) is 0.733. The molecule has 1 saturated heterocycles. The van der Waals surface area contributed by atoms with Crippen molar-refractivity contribution in [1.29, 1.82) is 0 Å². The lowest BCUT2D eigenvalue weighted by molar-refractivity contribution is -0.117. The molecule has 1 aromatic rings. The standard InChI is InChI=1S/C15H24N4O/c20-15(13-7-4-8-16-13)17-14-10-12(18-19-14)9-11-5-2-1-3-6-11/h10-11,13,16H,1-9H2,(H2,17,18,19,20). The molecule has 1 unspecified atom stereocenters. The fourth-order valence-corrected chi connectivity index (χ4v) is 3.35. The molecule has 1 atom stereocenters. The third-order valence-electron chi connectivity index (χ3n) is 4.49. The molecule has 2 fully saturated rings. The van der Waals surface area contributed by atoms with Crippen molar-refractivity contribution in [3.8, 4) is 0 Å². The van der Waals surface area contributed by atoms with Crippen molar-refractivity contribution in [2.24, 2.45) is 5.92 Å². The van der Waals surface area contributed by atoms with Gasteiger partial charge in [0.2, 0.25) is 5.91 Å². The molecule has 1 aliphatic carbocycles. The number of rotatable bonds is 4. The van der Waals surface area contributed by atoms with Gasteiger partial charge in [0.05, 0.1) is 6.04 Å². The Morgan fingerprint density at radius 3 is 2.85 bits per heavy atom. The van der Waals surface area contributed by atoms with Crippen LogP contribution in [-0.4, -0.2) is 28.7 Å². The zero-order valence-electron chi connectivity index (χ0n) is 12.0. The summed E-state index contributed by atoms with van der Waals surface area (Å²) in [5.41, 5.74) is 1.14. The molecule has 0 aromatic carbocycles. The third-order valence-corrected chi connectivity index (χ3v) is 4.49. The first kappa shape index (κ1) is 13.6. The summed E-state index contributed by atoms with van der Waals surface area (Å²) in [5.74, 6) is 1.48. The van der Waals surface area contributed by atoms with Gasteiger partial charge in [0.15, 0.2) is 5.82 Å². The van der Waals surface area contributed by atoms with Gasteiger partial charge in [-0.15, -0.1) is 0 Å². The minimum Gasteiger partial charge on any atom is -0.308 e. The first-order chi connectivity index (χ1) is 9.81. The molecule has 1 aliphatic heterocycles. The van der Waals surface area contributed by atoms with E-state index in [0.29, 0.717) is 5.82 Å². The van der Waals surface area contributed by atoms with Gasteiger partial charge in [0.25, 0.3) is 0 Å². The number of hydrogen-bond acceptors (Lipinski definition) is 3. The molecule has 0 bridgehead atoms. The number of nitrogens with zero attached hydrogens (tertiary/aromatic N) is 1. The molecule has 5 heteroatoms. The number of anilines is 1. The average molecular weight is 276 g/mol. The lowest BCUT2D eigenvalue weighted by Crippen LogP contribution is -2.35. The average Bonchev–Trinajstić information content (AvgIpc) is 3.11. The third kappa shape index (κ3) is 3.39. The zero-order valence-corrected chi connectivity index (χ0v) is 12.0. The van der Waals surface area contributed by atoms with E-state index in [1.54, 1.807) is 0 Å². The van der Waals surface area contributed by atoms with E-state index in [2.05, 4.69) is 20.8 Å². The largest absolute Gasteiger partial charge is 0.308 e. The second kappa shape index (κ2) is 6.39. The van der Waals surface area contributed by atoms with Crippen molar-refractivity contribution < 1.29 is 4.79 Å². The second-order valence-corrected chi connectivity index (χ2v) is 6.12. The molecule has 3 N–H and O–H groups in total. The van der Waals surface area contributed by atoms with E-state index in [1.807, 2.05) is 6.07 Å². The Morgan fingerprint density at radius 1 is 1.25 bits per heavy atom. The highest BCUT2D eigenvalue weighted by Gasteiger charge is 2.22. The topological polar surface area (TPSA) is 69.8 Å². The first-order valence-electron chi connectivity index (χ1n) is 7.90. The van der Waals surface area contributed by atoms with Crippen LogP contribution in [0, 0.1) is 5.92 Å². The van der Waals surface area contributed by atoms with Crippen LogP contribution in [0.2, 0.25) is 0 Å². The monoisotopic (exact) mass is 276 g/mol. The number of hydrogen-bond donors (Lipinski definition) is 3. The molecule has 3 rings (SSSR count). The summed E-state index contributed by atoms with van der Waals surface area (Å²) in [6, 6.07) is 1.94. The van der Waals surface area contributed by atoms with E-state index in [4.69, 9.17) is 0 Å². The van der Waals surface area contributed by atoms with Gasteiger partial charge in [-0.2, -0.15) is 5.10 Å². The molecule has 20 heavy (non-hydrogen) atoms. The van der Waals surface area contributed by atoms with Crippen LogP contribution in [0.4, 0.5) is 5.82 Å². The van der Waals surface area contributed by atoms with E-state index in [1.165, 1.54) is 32.1 Å². The number of carbonyl (C=O) groups excluding carboxylic acids is 1. The van der Waals surface area contributed by atoms with Crippen LogP contribution in [0.1, 0.15) is 50.6 Å². The van der Waals surface area contributed by atoms with Crippen LogP contribution in [0.3, 0.4) is 0 Å². The van der Waals surface area contributed by atoms with Gasteiger partial charge in [-0.3, -0.25) is 9.89 Å². The summed E-state index contributed by atoms with van der Waals surface area (Å²) < 4.78 is 0. The number of amides is 1. The van der Waals surface area contributed by atoms with Gasteiger partial charge in [-0.1, -0.05) is 32.1 Å². The van der Waals surface area contributed by atoms with E-state index < -0.39 is 0 Å². The minimum atomic E-state index is -0.0477. The Kier molecular flexibility index (Phi) is 4.35. The number of carbonyl (C=O) groups is 1. The van der Waals surface area contributed by atoms with Gasteiger partial charge < -0.3 is 10.6 Å². The predicted molar refractivity (Wildman–Crippen MR) is 78.5 cm³/mol. The van der Waals surface area contributed by atoms with Crippen LogP contribution >= 0.6 is 0 Å². The molecule has 2 aliphatic rings. The summed E-state index contributed by atoms with van der Waals surface area (Å²) >= 11 is 0. The molecule has 0 spiro atoms. The van der Waals surface area contributed by atoms with Crippen molar-refractivity contribution in [2.75, 3.05) is 11.9 Å². The summed E-state index contributed by atoms with van der Waals surface area (Å²) in [5, 5.41) is 13.4. The van der Waals surface area contributed by atoms with Gasteiger partial charge in [-0.05, 0) is 31.7 Å². The molecule has 5 nitrogen and oxygen atoms in total. The Labute approximate surface area is 119 Å². The van der Waals surface area contributed by atoms with Crippen molar-refractivity contribution in [2.45, 2.75) is 57.4 Å². The number of nitrogens with one attached hydrogen (secondary N) is 3. The SMILES string of the molecule is O=C(Nc1cc(CC2CCCCC2)[nH]n1)C1CCCN1. The van der Waals surface area contributed by atoms with Crippen molar-refractivity contribution in [3.63, 3.8) is 0 Å². The van der Waals surface area contributed by atoms with Crippen LogP contribution in [0.15, 0.2) is 6.07 Å². The Hall–Kier alpha value is -1.36. The maximum atomic E-state index is 12.0. The molecular formula is C15H24N4O. The molecule has 2 heterocycles. The Morgan fingerprint density at radius 2 is 2.10 bits per heavy atom. The van der Waals surface area contributed by atoms with Crippen LogP contribution in [0.25, 0.3) is 0 Å². The van der Waals surface area contributed by atoms with E-state index >= 15 is 0 Å². The first-order valence-corrected chi connectivity index (χ1v) is 7.90. The lowest BCUT2D eigenvalue weighted by atomic mass is 9.86. The second-order valence-electron chi connectivity index (χ2n) is 6.12. The highest BCUT2D eigenvalue weighted by Crippen LogP contribution is 2.26. The summed E-state index contributed by atoms with van der Waals surface area (Å²) in [7, 11) is 0. The van der Waals surface area contributed by atoms with Crippen LogP contribution in [0.5, 0.6) is 0 Å². The maximum absolute atomic E-state index is 12.0. The van der Waals surface area contributed by atoms with Crippen molar-refractivity contribution in [1.82, 2.24) is 15.5 Å². The molecule has 1 aromatic heterocycles. The fourth-order valence-electron chi connectivity index (χ4n) is 3.35.